The molecule has 1 amide bonds. The Balaban J connectivity index is 2.41. The zero-order valence-corrected chi connectivity index (χ0v) is 14.1. The highest BCUT2D eigenvalue weighted by molar-refractivity contribution is 7.89. The summed E-state index contributed by atoms with van der Waals surface area (Å²) in [5, 5.41) is 2.58. The highest BCUT2D eigenvalue weighted by Crippen LogP contribution is 2.31. The van der Waals surface area contributed by atoms with E-state index in [0.717, 1.165) is 25.3 Å². The number of hydrogen-bond donors (Lipinski definition) is 1. The minimum absolute atomic E-state index is 0.0862. The van der Waals surface area contributed by atoms with Gasteiger partial charge in [0.05, 0.1) is 6.61 Å². The molecule has 0 radical (unpaired) electrons. The molecule has 0 aliphatic carbocycles. The lowest BCUT2D eigenvalue weighted by molar-refractivity contribution is -0.111. The van der Waals surface area contributed by atoms with Gasteiger partial charge in [-0.15, -0.1) is 0 Å². The number of amides is 1. The van der Waals surface area contributed by atoms with Gasteiger partial charge in [-0.1, -0.05) is 13.0 Å². The van der Waals surface area contributed by atoms with E-state index >= 15 is 0 Å². The molecule has 0 unspecified atom stereocenters. The first-order chi connectivity index (χ1) is 11.0. The van der Waals surface area contributed by atoms with E-state index in [1.807, 2.05) is 0 Å². The van der Waals surface area contributed by atoms with Crippen LogP contribution >= 0.6 is 0 Å². The van der Waals surface area contributed by atoms with Crippen LogP contribution in [0.1, 0.15) is 26.2 Å². The molecule has 1 aliphatic rings. The highest BCUT2D eigenvalue weighted by atomic mass is 32.2. The summed E-state index contributed by atoms with van der Waals surface area (Å²) in [6.07, 6.45) is 3.89. The van der Waals surface area contributed by atoms with Crippen molar-refractivity contribution >= 4 is 21.6 Å². The second kappa shape index (κ2) is 7.61. The van der Waals surface area contributed by atoms with Crippen LogP contribution in [0.15, 0.2) is 35.7 Å². The number of ether oxygens (including phenoxy) is 1. The Morgan fingerprint density at radius 1 is 1.35 bits per heavy atom. The normalized spacial score (nSPS) is 15.9. The maximum Gasteiger partial charge on any atom is 0.247 e. The van der Waals surface area contributed by atoms with Crippen LogP contribution in [0.5, 0.6) is 5.75 Å². The molecule has 0 bridgehead atoms. The Morgan fingerprint density at radius 3 is 2.65 bits per heavy atom. The quantitative estimate of drug-likeness (QED) is 0.808. The number of sulfonamides is 1. The summed E-state index contributed by atoms with van der Waals surface area (Å²) < 4.78 is 32.7. The fourth-order valence-electron chi connectivity index (χ4n) is 2.50. The van der Waals surface area contributed by atoms with E-state index in [1.165, 1.54) is 10.4 Å². The van der Waals surface area contributed by atoms with Crippen LogP contribution in [0.2, 0.25) is 0 Å². The van der Waals surface area contributed by atoms with Gasteiger partial charge in [0, 0.05) is 18.8 Å². The lowest BCUT2D eigenvalue weighted by Gasteiger charge is -2.26. The van der Waals surface area contributed by atoms with E-state index in [9.17, 15) is 13.2 Å². The van der Waals surface area contributed by atoms with Gasteiger partial charge in [0.15, 0.2) is 0 Å². The van der Waals surface area contributed by atoms with Crippen molar-refractivity contribution in [2.45, 2.75) is 31.1 Å². The summed E-state index contributed by atoms with van der Waals surface area (Å²) in [6.45, 7) is 6.57. The van der Waals surface area contributed by atoms with E-state index in [2.05, 4.69) is 11.9 Å². The SMILES string of the molecule is C=CC(=O)Nc1ccc(OCC)c(S(=O)(=O)N2CCCCC2)c1. The van der Waals surface area contributed by atoms with Crippen LogP contribution in [0.3, 0.4) is 0 Å². The maximum atomic E-state index is 12.9. The van der Waals surface area contributed by atoms with Crippen molar-refractivity contribution in [1.82, 2.24) is 4.31 Å². The van der Waals surface area contributed by atoms with Crippen LogP contribution in [0.4, 0.5) is 5.69 Å². The van der Waals surface area contributed by atoms with Gasteiger partial charge in [0.25, 0.3) is 0 Å². The van der Waals surface area contributed by atoms with Crippen molar-refractivity contribution in [2.75, 3.05) is 25.0 Å². The van der Waals surface area contributed by atoms with Crippen molar-refractivity contribution in [3.8, 4) is 5.75 Å². The molecule has 0 saturated carbocycles. The van der Waals surface area contributed by atoms with E-state index < -0.39 is 15.9 Å². The average molecular weight is 338 g/mol. The minimum atomic E-state index is -3.65. The van der Waals surface area contributed by atoms with E-state index in [0.29, 0.717) is 31.1 Å². The molecule has 0 aromatic heterocycles. The smallest absolute Gasteiger partial charge is 0.247 e. The minimum Gasteiger partial charge on any atom is -0.492 e. The highest BCUT2D eigenvalue weighted by Gasteiger charge is 2.29. The number of nitrogens with zero attached hydrogens (tertiary/aromatic N) is 1. The van der Waals surface area contributed by atoms with Gasteiger partial charge in [-0.3, -0.25) is 4.79 Å². The Kier molecular flexibility index (Phi) is 5.79. The molecular weight excluding hydrogens is 316 g/mol. The molecule has 1 heterocycles. The predicted octanol–water partition coefficient (Wildman–Crippen LogP) is 2.38. The van der Waals surface area contributed by atoms with Crippen molar-refractivity contribution in [1.29, 1.82) is 0 Å². The van der Waals surface area contributed by atoms with E-state index in [4.69, 9.17) is 4.74 Å². The Labute approximate surface area is 137 Å². The number of anilines is 1. The number of benzene rings is 1. The zero-order valence-electron chi connectivity index (χ0n) is 13.2. The van der Waals surface area contributed by atoms with Crippen LogP contribution in [-0.2, 0) is 14.8 Å². The van der Waals surface area contributed by atoms with E-state index in [1.54, 1.807) is 19.1 Å². The number of hydrogen-bond acceptors (Lipinski definition) is 4. The van der Waals surface area contributed by atoms with Crippen LogP contribution in [0.25, 0.3) is 0 Å². The molecule has 1 saturated heterocycles. The fourth-order valence-corrected chi connectivity index (χ4v) is 4.17. The van der Waals surface area contributed by atoms with Gasteiger partial charge in [0.1, 0.15) is 10.6 Å². The number of carbonyl (C=O) groups excluding carboxylic acids is 1. The largest absolute Gasteiger partial charge is 0.492 e. The number of piperidine rings is 1. The topological polar surface area (TPSA) is 75.7 Å². The monoisotopic (exact) mass is 338 g/mol. The van der Waals surface area contributed by atoms with Crippen LogP contribution in [0, 0.1) is 0 Å². The molecule has 0 spiro atoms. The molecule has 126 valence electrons. The first-order valence-corrected chi connectivity index (χ1v) is 9.13. The first-order valence-electron chi connectivity index (χ1n) is 7.69. The molecule has 23 heavy (non-hydrogen) atoms. The molecule has 1 fully saturated rings. The number of rotatable bonds is 6. The third-order valence-corrected chi connectivity index (χ3v) is 5.55. The molecule has 1 aromatic carbocycles. The van der Waals surface area contributed by atoms with Gasteiger partial charge < -0.3 is 10.1 Å². The molecule has 2 rings (SSSR count). The van der Waals surface area contributed by atoms with Crippen molar-refractivity contribution in [2.24, 2.45) is 0 Å². The molecule has 0 atom stereocenters. The molecule has 1 aromatic rings. The standard InChI is InChI=1S/C16H22N2O4S/c1-3-16(19)17-13-8-9-14(22-4-2)15(12-13)23(20,21)18-10-6-5-7-11-18/h3,8-9,12H,1,4-7,10-11H2,2H3,(H,17,19). The average Bonchev–Trinajstić information content (AvgIpc) is 2.57. The van der Waals surface area contributed by atoms with Gasteiger partial charge in [0.2, 0.25) is 15.9 Å². The zero-order chi connectivity index (χ0) is 16.9. The summed E-state index contributed by atoms with van der Waals surface area (Å²) >= 11 is 0. The summed E-state index contributed by atoms with van der Waals surface area (Å²) in [5.41, 5.74) is 0.397. The molecule has 1 N–H and O–H groups in total. The van der Waals surface area contributed by atoms with E-state index in [-0.39, 0.29) is 4.90 Å². The summed E-state index contributed by atoms with van der Waals surface area (Å²) in [6, 6.07) is 4.62. The van der Waals surface area contributed by atoms with Gasteiger partial charge >= 0.3 is 0 Å². The lowest BCUT2D eigenvalue weighted by atomic mass is 10.2. The molecule has 7 heteroatoms. The maximum absolute atomic E-state index is 12.9. The van der Waals surface area contributed by atoms with Gasteiger partial charge in [-0.05, 0) is 44.0 Å². The molecular formula is C16H22N2O4S. The number of nitrogens with one attached hydrogen (secondary N) is 1. The second-order valence-electron chi connectivity index (χ2n) is 5.25. The second-order valence-corrected chi connectivity index (χ2v) is 7.16. The summed E-state index contributed by atoms with van der Waals surface area (Å²) in [4.78, 5) is 11.5. The third-order valence-electron chi connectivity index (χ3n) is 3.63. The van der Waals surface area contributed by atoms with Gasteiger partial charge in [-0.25, -0.2) is 8.42 Å². The third kappa shape index (κ3) is 4.11. The molecule has 6 nitrogen and oxygen atoms in total. The molecule has 1 aliphatic heterocycles. The van der Waals surface area contributed by atoms with Crippen LogP contribution < -0.4 is 10.1 Å². The van der Waals surface area contributed by atoms with Crippen molar-refractivity contribution < 1.29 is 17.9 Å². The van der Waals surface area contributed by atoms with Crippen LogP contribution in [-0.4, -0.2) is 38.3 Å². The van der Waals surface area contributed by atoms with Gasteiger partial charge in [-0.2, -0.15) is 4.31 Å². The Morgan fingerprint density at radius 2 is 2.04 bits per heavy atom. The van der Waals surface area contributed by atoms with Crippen molar-refractivity contribution in [3.63, 3.8) is 0 Å². The number of carbonyl (C=O) groups is 1. The predicted molar refractivity (Wildman–Crippen MR) is 89.0 cm³/mol. The summed E-state index contributed by atoms with van der Waals surface area (Å²) in [5.74, 6) is -0.0924. The first kappa shape index (κ1) is 17.5. The Hall–Kier alpha value is -1.86. The lowest BCUT2D eigenvalue weighted by Crippen LogP contribution is -2.35. The van der Waals surface area contributed by atoms with Crippen molar-refractivity contribution in [3.05, 3.63) is 30.9 Å². The fraction of sp³-hybridized carbons (Fsp3) is 0.438. The Bertz CT molecular complexity index is 679. The summed E-state index contributed by atoms with van der Waals surface area (Å²) in [7, 11) is -3.65.